The quantitative estimate of drug-likeness (QED) is 0.859. The van der Waals surface area contributed by atoms with Crippen LogP contribution >= 0.6 is 31.9 Å². The van der Waals surface area contributed by atoms with Crippen molar-refractivity contribution < 1.29 is 18.3 Å². The van der Waals surface area contributed by atoms with Crippen LogP contribution < -0.4 is 5.32 Å². The molecule has 1 rings (SSSR count). The molecule has 3 nitrogen and oxygen atoms in total. The average Bonchev–Trinajstić information content (AvgIpc) is 2.46. The van der Waals surface area contributed by atoms with Crippen LogP contribution in [-0.4, -0.2) is 24.2 Å². The van der Waals surface area contributed by atoms with Gasteiger partial charge < -0.3 is 14.8 Å². The third-order valence-corrected chi connectivity index (χ3v) is 3.35. The minimum Gasteiger partial charge on any atom is -0.452 e. The molecule has 1 aromatic rings. The molecular formula is C8H9Br2F2NO2. The van der Waals surface area contributed by atoms with Gasteiger partial charge in [-0.1, -0.05) is 0 Å². The Morgan fingerprint density at radius 3 is 2.60 bits per heavy atom. The Morgan fingerprint density at radius 2 is 2.13 bits per heavy atom. The fourth-order valence-corrected chi connectivity index (χ4v) is 1.57. The topological polar surface area (TPSA) is 45.4 Å². The molecule has 0 saturated heterocycles. The maximum absolute atomic E-state index is 11.9. The van der Waals surface area contributed by atoms with Gasteiger partial charge in [0.05, 0.1) is 11.0 Å². The van der Waals surface area contributed by atoms with E-state index in [0.717, 1.165) is 4.47 Å². The molecule has 0 aliphatic carbocycles. The number of hydrogen-bond donors (Lipinski definition) is 2. The first-order valence-electron chi connectivity index (χ1n) is 4.11. The molecule has 0 spiro atoms. The summed E-state index contributed by atoms with van der Waals surface area (Å²) in [6.07, 6.45) is -4.38. The molecule has 0 radical (unpaired) electrons. The summed E-state index contributed by atoms with van der Waals surface area (Å²) in [5, 5.41) is 11.5. The van der Waals surface area contributed by atoms with Crippen molar-refractivity contribution in [3.05, 3.63) is 21.0 Å². The van der Waals surface area contributed by atoms with E-state index >= 15 is 0 Å². The normalized spacial score (nSPS) is 13.5. The van der Waals surface area contributed by atoms with Gasteiger partial charge in [0.25, 0.3) is 6.43 Å². The molecule has 1 unspecified atom stereocenters. The third-order valence-electron chi connectivity index (χ3n) is 1.64. The number of rotatable bonds is 5. The lowest BCUT2D eigenvalue weighted by molar-refractivity contribution is -0.00360. The molecule has 1 atom stereocenters. The van der Waals surface area contributed by atoms with Crippen LogP contribution in [0.25, 0.3) is 0 Å². The number of halogens is 4. The molecule has 0 aliphatic rings. The second kappa shape index (κ2) is 5.93. The summed E-state index contributed by atoms with van der Waals surface area (Å²) in [6, 6.07) is 1.71. The Bertz CT molecular complexity index is 300. The second-order valence-corrected chi connectivity index (χ2v) is 4.44. The molecule has 0 bridgehead atoms. The molecule has 0 fully saturated rings. The molecule has 15 heavy (non-hydrogen) atoms. The Balaban J connectivity index is 2.32. The highest BCUT2D eigenvalue weighted by Crippen LogP contribution is 2.26. The van der Waals surface area contributed by atoms with E-state index in [1.807, 2.05) is 0 Å². The fraction of sp³-hybridized carbons (Fsp3) is 0.500. The van der Waals surface area contributed by atoms with Gasteiger partial charge in [-0.25, -0.2) is 8.78 Å². The Morgan fingerprint density at radius 1 is 1.47 bits per heavy atom. The standard InChI is InChI=1S/C8H9Br2F2NO2/c9-5-1-4(15-7(5)10)2-13-3-6(14)8(11)12/h1,6,8,13-14H,2-3H2. The zero-order chi connectivity index (χ0) is 11.4. The lowest BCUT2D eigenvalue weighted by atomic mass is 10.3. The van der Waals surface area contributed by atoms with Crippen LogP contribution in [-0.2, 0) is 6.54 Å². The smallest absolute Gasteiger partial charge is 0.265 e. The summed E-state index contributed by atoms with van der Waals surface area (Å²) < 4.78 is 30.3. The molecule has 0 aliphatic heterocycles. The first-order valence-corrected chi connectivity index (χ1v) is 5.70. The van der Waals surface area contributed by atoms with Gasteiger partial charge in [0.2, 0.25) is 0 Å². The van der Waals surface area contributed by atoms with Gasteiger partial charge in [0.1, 0.15) is 11.9 Å². The Labute approximate surface area is 102 Å². The maximum atomic E-state index is 11.9. The molecule has 1 heterocycles. The summed E-state index contributed by atoms with van der Waals surface area (Å²) in [6.45, 7) is 0.113. The zero-order valence-electron chi connectivity index (χ0n) is 7.51. The van der Waals surface area contributed by atoms with Gasteiger partial charge >= 0.3 is 0 Å². The Kier molecular flexibility index (Phi) is 5.17. The highest BCUT2D eigenvalue weighted by atomic mass is 79.9. The third kappa shape index (κ3) is 4.18. The summed E-state index contributed by atoms with van der Waals surface area (Å²) in [5.74, 6) is 0.593. The van der Waals surface area contributed by atoms with Crippen molar-refractivity contribution in [2.45, 2.75) is 19.1 Å². The Hall–Kier alpha value is 0.0200. The van der Waals surface area contributed by atoms with Crippen LogP contribution in [0.2, 0.25) is 0 Å². The number of aliphatic hydroxyl groups excluding tert-OH is 1. The monoisotopic (exact) mass is 347 g/mol. The van der Waals surface area contributed by atoms with Crippen LogP contribution in [0, 0.1) is 0 Å². The second-order valence-electron chi connectivity index (χ2n) is 2.87. The zero-order valence-corrected chi connectivity index (χ0v) is 10.7. The van der Waals surface area contributed by atoms with Crippen molar-refractivity contribution in [1.29, 1.82) is 0 Å². The fourth-order valence-electron chi connectivity index (χ4n) is 0.911. The predicted octanol–water partition coefficient (Wildman–Crippen LogP) is 2.52. The van der Waals surface area contributed by atoms with Crippen LogP contribution in [0.1, 0.15) is 5.76 Å². The van der Waals surface area contributed by atoms with E-state index in [4.69, 9.17) is 9.52 Å². The van der Waals surface area contributed by atoms with E-state index in [2.05, 4.69) is 37.2 Å². The maximum Gasteiger partial charge on any atom is 0.265 e. The van der Waals surface area contributed by atoms with Crippen molar-refractivity contribution in [2.75, 3.05) is 6.54 Å². The van der Waals surface area contributed by atoms with Crippen LogP contribution in [0.5, 0.6) is 0 Å². The molecule has 0 aromatic carbocycles. The van der Waals surface area contributed by atoms with Crippen molar-refractivity contribution in [2.24, 2.45) is 0 Å². The number of alkyl halides is 2. The number of aliphatic hydroxyl groups is 1. The van der Waals surface area contributed by atoms with Gasteiger partial charge in [-0.05, 0) is 37.9 Å². The van der Waals surface area contributed by atoms with E-state index in [1.165, 1.54) is 0 Å². The number of nitrogens with one attached hydrogen (secondary N) is 1. The van der Waals surface area contributed by atoms with Gasteiger partial charge in [-0.15, -0.1) is 0 Å². The lowest BCUT2D eigenvalue weighted by Crippen LogP contribution is -2.31. The predicted molar refractivity (Wildman–Crippen MR) is 57.8 cm³/mol. The van der Waals surface area contributed by atoms with Gasteiger partial charge in [-0.2, -0.15) is 0 Å². The molecule has 0 saturated carbocycles. The van der Waals surface area contributed by atoms with Crippen molar-refractivity contribution in [3.8, 4) is 0 Å². The van der Waals surface area contributed by atoms with Gasteiger partial charge in [-0.3, -0.25) is 0 Å². The summed E-state index contributed by atoms with van der Waals surface area (Å²) in [7, 11) is 0. The average molecular weight is 349 g/mol. The molecule has 1 aromatic heterocycles. The van der Waals surface area contributed by atoms with Crippen LogP contribution in [0.4, 0.5) is 8.78 Å². The summed E-state index contributed by atoms with van der Waals surface area (Å²) >= 11 is 6.37. The number of hydrogen-bond acceptors (Lipinski definition) is 3. The number of furan rings is 1. The van der Waals surface area contributed by atoms with E-state index in [0.29, 0.717) is 10.4 Å². The first kappa shape index (κ1) is 13.1. The highest BCUT2D eigenvalue weighted by Gasteiger charge is 2.16. The summed E-state index contributed by atoms with van der Waals surface area (Å²) in [4.78, 5) is 0. The molecule has 2 N–H and O–H groups in total. The van der Waals surface area contributed by atoms with Gasteiger partial charge in [0.15, 0.2) is 4.67 Å². The van der Waals surface area contributed by atoms with E-state index in [9.17, 15) is 8.78 Å². The minimum atomic E-state index is -2.73. The molecular weight excluding hydrogens is 340 g/mol. The molecule has 7 heteroatoms. The van der Waals surface area contributed by atoms with Crippen molar-refractivity contribution in [1.82, 2.24) is 5.32 Å². The van der Waals surface area contributed by atoms with Crippen molar-refractivity contribution in [3.63, 3.8) is 0 Å². The van der Waals surface area contributed by atoms with Crippen molar-refractivity contribution >= 4 is 31.9 Å². The van der Waals surface area contributed by atoms with E-state index in [1.54, 1.807) is 6.07 Å². The first-order chi connectivity index (χ1) is 7.00. The molecule has 86 valence electrons. The lowest BCUT2D eigenvalue weighted by Gasteiger charge is -2.09. The van der Waals surface area contributed by atoms with Gasteiger partial charge in [0, 0.05) is 6.54 Å². The van der Waals surface area contributed by atoms with Crippen LogP contribution in [0.3, 0.4) is 0 Å². The van der Waals surface area contributed by atoms with Crippen LogP contribution in [0.15, 0.2) is 19.6 Å². The van der Waals surface area contributed by atoms with E-state index < -0.39 is 12.5 Å². The largest absolute Gasteiger partial charge is 0.452 e. The molecule has 0 amide bonds. The van der Waals surface area contributed by atoms with E-state index in [-0.39, 0.29) is 13.1 Å². The SMILES string of the molecule is OC(CNCc1cc(Br)c(Br)o1)C(F)F. The minimum absolute atomic E-state index is 0.173. The summed E-state index contributed by atoms with van der Waals surface area (Å²) in [5.41, 5.74) is 0. The highest BCUT2D eigenvalue weighted by molar-refractivity contribution is 9.13.